The van der Waals surface area contributed by atoms with Gasteiger partial charge in [0, 0.05) is 18.2 Å². The Morgan fingerprint density at radius 2 is 2.10 bits per heavy atom. The smallest absolute Gasteiger partial charge is 0.244 e. The summed E-state index contributed by atoms with van der Waals surface area (Å²) in [5.74, 6) is 5.58. The molecule has 0 amide bonds. The van der Waals surface area contributed by atoms with Crippen molar-refractivity contribution in [3.8, 4) is 11.8 Å². The molecule has 0 spiro atoms. The van der Waals surface area contributed by atoms with Gasteiger partial charge in [-0.3, -0.25) is 0 Å². The van der Waals surface area contributed by atoms with E-state index in [1.807, 2.05) is 6.92 Å². The molecule has 0 aliphatic carbocycles. The molecule has 1 aromatic rings. The molecule has 1 aliphatic heterocycles. The van der Waals surface area contributed by atoms with Crippen LogP contribution in [0.3, 0.4) is 0 Å². The van der Waals surface area contributed by atoms with E-state index in [4.69, 9.17) is 5.73 Å². The maximum Gasteiger partial charge on any atom is 0.244 e. The molecule has 5 heteroatoms. The minimum atomic E-state index is -3.48. The Hall–Kier alpha value is -1.35. The van der Waals surface area contributed by atoms with Crippen LogP contribution in [-0.4, -0.2) is 31.9 Å². The van der Waals surface area contributed by atoms with Gasteiger partial charge in [0.1, 0.15) is 0 Å². The van der Waals surface area contributed by atoms with Gasteiger partial charge in [-0.2, -0.15) is 4.31 Å². The fourth-order valence-electron chi connectivity index (χ4n) is 2.50. The van der Waals surface area contributed by atoms with Crippen molar-refractivity contribution in [2.24, 2.45) is 5.73 Å². The van der Waals surface area contributed by atoms with Gasteiger partial charge >= 0.3 is 0 Å². The summed E-state index contributed by atoms with van der Waals surface area (Å²) >= 11 is 0. The molecule has 0 aromatic heterocycles. The molecule has 1 fully saturated rings. The van der Waals surface area contributed by atoms with Gasteiger partial charge in [-0.05, 0) is 31.9 Å². The lowest BCUT2D eigenvalue weighted by molar-refractivity contribution is 0.268. The Labute approximate surface area is 121 Å². The first-order chi connectivity index (χ1) is 9.57. The summed E-state index contributed by atoms with van der Waals surface area (Å²) in [5.41, 5.74) is 5.89. The van der Waals surface area contributed by atoms with Crippen molar-refractivity contribution in [3.63, 3.8) is 0 Å². The Balaban J connectivity index is 2.44. The summed E-state index contributed by atoms with van der Waals surface area (Å²) in [7, 11) is -3.48. The Kier molecular flexibility index (Phi) is 4.81. The molecule has 1 atom stereocenters. The highest BCUT2D eigenvalue weighted by molar-refractivity contribution is 7.89. The first-order valence-electron chi connectivity index (χ1n) is 6.87. The number of rotatable bonds is 2. The van der Waals surface area contributed by atoms with Crippen molar-refractivity contribution in [1.82, 2.24) is 4.31 Å². The second-order valence-corrected chi connectivity index (χ2v) is 6.82. The van der Waals surface area contributed by atoms with E-state index in [9.17, 15) is 8.42 Å². The Morgan fingerprint density at radius 3 is 2.80 bits per heavy atom. The highest BCUT2D eigenvalue weighted by Crippen LogP contribution is 2.26. The van der Waals surface area contributed by atoms with Gasteiger partial charge in [0.05, 0.1) is 11.4 Å². The molecule has 1 saturated heterocycles. The van der Waals surface area contributed by atoms with E-state index in [1.165, 1.54) is 0 Å². The van der Waals surface area contributed by atoms with E-state index in [1.54, 1.807) is 28.6 Å². The van der Waals surface area contributed by atoms with Crippen molar-refractivity contribution < 1.29 is 8.42 Å². The van der Waals surface area contributed by atoms with Crippen LogP contribution in [0.25, 0.3) is 0 Å². The fraction of sp³-hybridized carbons (Fsp3) is 0.467. The monoisotopic (exact) mass is 292 g/mol. The molecule has 4 nitrogen and oxygen atoms in total. The molecule has 2 N–H and O–H groups in total. The van der Waals surface area contributed by atoms with Gasteiger partial charge in [-0.25, -0.2) is 8.42 Å². The first-order valence-corrected chi connectivity index (χ1v) is 8.31. The largest absolute Gasteiger partial charge is 0.320 e. The van der Waals surface area contributed by atoms with Crippen LogP contribution in [0.15, 0.2) is 29.2 Å². The molecular weight excluding hydrogens is 272 g/mol. The maximum absolute atomic E-state index is 12.8. The lowest BCUT2D eigenvalue weighted by atomic mass is 10.1. The molecule has 1 heterocycles. The van der Waals surface area contributed by atoms with Gasteiger partial charge in [-0.15, -0.1) is 0 Å². The average Bonchev–Trinajstić information content (AvgIpc) is 2.45. The van der Waals surface area contributed by atoms with E-state index < -0.39 is 10.0 Å². The molecule has 2 rings (SSSR count). The van der Waals surface area contributed by atoms with Crippen LogP contribution in [0.5, 0.6) is 0 Å². The third-order valence-electron chi connectivity index (χ3n) is 3.54. The van der Waals surface area contributed by atoms with Crippen LogP contribution in [0, 0.1) is 11.8 Å². The predicted molar refractivity (Wildman–Crippen MR) is 79.6 cm³/mol. The van der Waals surface area contributed by atoms with Crippen LogP contribution in [0.1, 0.15) is 31.7 Å². The average molecular weight is 292 g/mol. The van der Waals surface area contributed by atoms with Crippen LogP contribution in [0.2, 0.25) is 0 Å². The zero-order valence-corrected chi connectivity index (χ0v) is 12.5. The molecular formula is C15H20N2O2S. The third kappa shape index (κ3) is 3.04. The molecule has 0 radical (unpaired) electrons. The van der Waals surface area contributed by atoms with Crippen LogP contribution >= 0.6 is 0 Å². The summed E-state index contributed by atoms with van der Waals surface area (Å²) in [4.78, 5) is 0.287. The summed E-state index contributed by atoms with van der Waals surface area (Å²) in [6, 6.07) is 6.92. The van der Waals surface area contributed by atoms with E-state index in [2.05, 4.69) is 11.8 Å². The molecule has 1 aliphatic rings. The molecule has 20 heavy (non-hydrogen) atoms. The molecule has 1 aromatic carbocycles. The summed E-state index contributed by atoms with van der Waals surface area (Å²) in [5, 5.41) is 0. The van der Waals surface area contributed by atoms with Crippen molar-refractivity contribution in [1.29, 1.82) is 0 Å². The normalized spacial score (nSPS) is 20.2. The van der Waals surface area contributed by atoms with Gasteiger partial charge in [0.15, 0.2) is 0 Å². The van der Waals surface area contributed by atoms with Crippen molar-refractivity contribution in [2.75, 3.05) is 13.1 Å². The summed E-state index contributed by atoms with van der Waals surface area (Å²) in [6.45, 7) is 2.77. The Morgan fingerprint density at radius 1 is 1.35 bits per heavy atom. The number of nitrogens with two attached hydrogens (primary N) is 1. The van der Waals surface area contributed by atoms with E-state index in [-0.39, 0.29) is 17.5 Å². The van der Waals surface area contributed by atoms with E-state index >= 15 is 0 Å². The van der Waals surface area contributed by atoms with Crippen LogP contribution in [-0.2, 0) is 10.0 Å². The van der Waals surface area contributed by atoms with Crippen molar-refractivity contribution >= 4 is 10.0 Å². The number of nitrogens with zero attached hydrogens (tertiary/aromatic N) is 1. The van der Waals surface area contributed by atoms with Gasteiger partial charge in [0.2, 0.25) is 10.0 Å². The van der Waals surface area contributed by atoms with Crippen molar-refractivity contribution in [3.05, 3.63) is 29.8 Å². The van der Waals surface area contributed by atoms with Crippen molar-refractivity contribution in [2.45, 2.75) is 37.1 Å². The number of hydrogen-bond donors (Lipinski definition) is 1. The molecule has 108 valence electrons. The minimum Gasteiger partial charge on any atom is -0.320 e. The first kappa shape index (κ1) is 15.0. The van der Waals surface area contributed by atoms with Crippen LogP contribution < -0.4 is 5.73 Å². The standard InChI is InChI=1S/C15H20N2O2S/c1-13-7-4-5-12-17(13)20(18,19)15-10-3-2-8-14(15)9-6-11-16/h2-3,8,10,13H,4-5,7,11-12,16H2,1H3. The molecule has 0 saturated carbocycles. The summed E-state index contributed by atoms with van der Waals surface area (Å²) in [6.07, 6.45) is 2.91. The topological polar surface area (TPSA) is 63.4 Å². The maximum atomic E-state index is 12.8. The van der Waals surface area contributed by atoms with E-state index in [0.717, 1.165) is 19.3 Å². The molecule has 0 bridgehead atoms. The van der Waals surface area contributed by atoms with Crippen LogP contribution in [0.4, 0.5) is 0 Å². The SMILES string of the molecule is CC1CCCCN1S(=O)(=O)c1ccccc1C#CCN. The lowest BCUT2D eigenvalue weighted by Crippen LogP contribution is -2.42. The predicted octanol–water partition coefficient (Wildman–Crippen LogP) is 1.56. The summed E-state index contributed by atoms with van der Waals surface area (Å²) < 4.78 is 27.2. The quantitative estimate of drug-likeness (QED) is 0.841. The number of benzene rings is 1. The highest BCUT2D eigenvalue weighted by atomic mass is 32.2. The van der Waals surface area contributed by atoms with Gasteiger partial charge in [-0.1, -0.05) is 30.4 Å². The fourth-order valence-corrected chi connectivity index (χ4v) is 4.35. The second-order valence-electron chi connectivity index (χ2n) is 4.96. The van der Waals surface area contributed by atoms with Gasteiger partial charge in [0.25, 0.3) is 0 Å². The Bertz CT molecular complexity index is 629. The molecule has 1 unspecified atom stereocenters. The number of piperidine rings is 1. The zero-order chi connectivity index (χ0) is 14.6. The highest BCUT2D eigenvalue weighted by Gasteiger charge is 2.32. The lowest BCUT2D eigenvalue weighted by Gasteiger charge is -2.32. The van der Waals surface area contributed by atoms with Gasteiger partial charge < -0.3 is 5.73 Å². The third-order valence-corrected chi connectivity index (χ3v) is 5.61. The number of hydrogen-bond acceptors (Lipinski definition) is 3. The number of sulfonamides is 1. The second kappa shape index (κ2) is 6.40. The minimum absolute atomic E-state index is 0.0456. The zero-order valence-electron chi connectivity index (χ0n) is 11.7. The van der Waals surface area contributed by atoms with E-state index in [0.29, 0.717) is 12.1 Å².